The Balaban J connectivity index is 2.01. The third-order valence-electron chi connectivity index (χ3n) is 2.29. The van der Waals surface area contributed by atoms with Crippen LogP contribution in [0.3, 0.4) is 0 Å². The fourth-order valence-electron chi connectivity index (χ4n) is 1.53. The van der Waals surface area contributed by atoms with E-state index in [0.717, 1.165) is 27.0 Å². The fraction of sp³-hybridized carbons (Fsp3) is 0. The molecule has 0 spiro atoms. The Bertz CT molecular complexity index is 629. The zero-order chi connectivity index (χ0) is 11.7. The minimum atomic E-state index is 0.758. The van der Waals surface area contributed by atoms with E-state index in [1.165, 1.54) is 0 Å². The van der Waals surface area contributed by atoms with E-state index in [0.29, 0.717) is 0 Å². The maximum Gasteiger partial charge on any atom is 0.142 e. The van der Waals surface area contributed by atoms with Gasteiger partial charge in [0.15, 0.2) is 0 Å². The van der Waals surface area contributed by atoms with Crippen molar-refractivity contribution in [3.8, 4) is 21.3 Å². The van der Waals surface area contributed by atoms with Crippen molar-refractivity contribution in [1.82, 2.24) is 9.97 Å². The van der Waals surface area contributed by atoms with E-state index in [1.807, 2.05) is 35.0 Å². The number of hydrogen-bond acceptors (Lipinski definition) is 5. The summed E-state index contributed by atoms with van der Waals surface area (Å²) in [4.78, 5) is 8.82. The lowest BCUT2D eigenvalue weighted by molar-refractivity contribution is 1.34. The zero-order valence-corrected chi connectivity index (χ0v) is 10.5. The standard InChI is InChI=1S/C12H9N3S2/c13-9-3-1-2-8(6-9)11-15-10(7-17-11)12-14-4-5-16-12/h1-7H,13H2. The van der Waals surface area contributed by atoms with Crippen molar-refractivity contribution >= 4 is 28.4 Å². The molecule has 0 aliphatic rings. The Morgan fingerprint density at radius 1 is 1.12 bits per heavy atom. The van der Waals surface area contributed by atoms with Crippen LogP contribution in [0.25, 0.3) is 21.3 Å². The minimum Gasteiger partial charge on any atom is -0.399 e. The van der Waals surface area contributed by atoms with Crippen molar-refractivity contribution < 1.29 is 0 Å². The van der Waals surface area contributed by atoms with Crippen LogP contribution in [-0.2, 0) is 0 Å². The van der Waals surface area contributed by atoms with Crippen LogP contribution in [0.5, 0.6) is 0 Å². The topological polar surface area (TPSA) is 51.8 Å². The van der Waals surface area contributed by atoms with Gasteiger partial charge >= 0.3 is 0 Å². The number of anilines is 1. The Hall–Kier alpha value is -1.72. The highest BCUT2D eigenvalue weighted by atomic mass is 32.1. The highest BCUT2D eigenvalue weighted by Gasteiger charge is 2.08. The van der Waals surface area contributed by atoms with Gasteiger partial charge in [-0.1, -0.05) is 12.1 Å². The van der Waals surface area contributed by atoms with Crippen LogP contribution < -0.4 is 5.73 Å². The molecule has 2 N–H and O–H groups in total. The maximum absolute atomic E-state index is 5.76. The average molecular weight is 259 g/mol. The molecular formula is C12H9N3S2. The number of nitrogens with two attached hydrogens (primary N) is 1. The summed E-state index contributed by atoms with van der Waals surface area (Å²) in [6.07, 6.45) is 1.79. The van der Waals surface area contributed by atoms with Gasteiger partial charge in [-0.15, -0.1) is 22.7 Å². The number of benzene rings is 1. The molecule has 5 heteroatoms. The lowest BCUT2D eigenvalue weighted by atomic mass is 10.2. The summed E-state index contributed by atoms with van der Waals surface area (Å²) < 4.78 is 0. The third kappa shape index (κ3) is 2.07. The van der Waals surface area contributed by atoms with E-state index in [1.54, 1.807) is 28.9 Å². The molecule has 0 radical (unpaired) electrons. The van der Waals surface area contributed by atoms with Gasteiger partial charge < -0.3 is 5.73 Å². The lowest BCUT2D eigenvalue weighted by Crippen LogP contribution is -1.84. The maximum atomic E-state index is 5.76. The normalized spacial score (nSPS) is 10.6. The smallest absolute Gasteiger partial charge is 0.142 e. The van der Waals surface area contributed by atoms with E-state index in [4.69, 9.17) is 5.73 Å². The van der Waals surface area contributed by atoms with Crippen molar-refractivity contribution in [3.63, 3.8) is 0 Å². The molecule has 3 nitrogen and oxygen atoms in total. The van der Waals surface area contributed by atoms with Crippen molar-refractivity contribution in [2.24, 2.45) is 0 Å². The molecule has 0 aliphatic heterocycles. The number of hydrogen-bond donors (Lipinski definition) is 1. The Labute approximate surface area is 107 Å². The van der Waals surface area contributed by atoms with Crippen LogP contribution in [-0.4, -0.2) is 9.97 Å². The molecular weight excluding hydrogens is 250 g/mol. The summed E-state index contributed by atoms with van der Waals surface area (Å²) in [5.74, 6) is 0. The lowest BCUT2D eigenvalue weighted by Gasteiger charge is -1.97. The molecule has 0 atom stereocenters. The summed E-state index contributed by atoms with van der Waals surface area (Å²) in [7, 11) is 0. The van der Waals surface area contributed by atoms with Gasteiger partial charge in [-0.05, 0) is 12.1 Å². The molecule has 84 valence electrons. The Kier molecular flexibility index (Phi) is 2.62. The van der Waals surface area contributed by atoms with Crippen LogP contribution >= 0.6 is 22.7 Å². The number of nitrogens with zero attached hydrogens (tertiary/aromatic N) is 2. The average Bonchev–Trinajstić information content (AvgIpc) is 3.00. The van der Waals surface area contributed by atoms with Crippen molar-refractivity contribution in [2.75, 3.05) is 5.73 Å². The predicted molar refractivity (Wildman–Crippen MR) is 73.1 cm³/mol. The summed E-state index contributed by atoms with van der Waals surface area (Å²) in [6.45, 7) is 0. The Morgan fingerprint density at radius 3 is 2.82 bits per heavy atom. The monoisotopic (exact) mass is 259 g/mol. The first kappa shape index (κ1) is 10.4. The number of aromatic nitrogens is 2. The fourth-order valence-corrected chi connectivity index (χ4v) is 3.00. The highest BCUT2D eigenvalue weighted by Crippen LogP contribution is 2.30. The number of nitrogen functional groups attached to an aromatic ring is 1. The van der Waals surface area contributed by atoms with E-state index in [2.05, 4.69) is 9.97 Å². The first-order valence-corrected chi connectivity index (χ1v) is 6.80. The van der Waals surface area contributed by atoms with Gasteiger partial charge in [-0.2, -0.15) is 0 Å². The van der Waals surface area contributed by atoms with Crippen LogP contribution in [0.15, 0.2) is 41.2 Å². The van der Waals surface area contributed by atoms with Crippen LogP contribution in [0, 0.1) is 0 Å². The van der Waals surface area contributed by atoms with Gasteiger partial charge in [0.1, 0.15) is 15.7 Å². The highest BCUT2D eigenvalue weighted by molar-refractivity contribution is 7.15. The first-order chi connectivity index (χ1) is 8.33. The quantitative estimate of drug-likeness (QED) is 0.716. The van der Waals surface area contributed by atoms with Crippen molar-refractivity contribution in [1.29, 1.82) is 0 Å². The SMILES string of the molecule is Nc1cccc(-c2nc(-c3nccs3)cs2)c1. The largest absolute Gasteiger partial charge is 0.399 e. The van der Waals surface area contributed by atoms with Gasteiger partial charge in [-0.25, -0.2) is 9.97 Å². The number of thiazole rings is 2. The summed E-state index contributed by atoms with van der Waals surface area (Å²) in [6, 6.07) is 7.76. The second-order valence-corrected chi connectivity index (χ2v) is 5.25. The molecule has 3 aromatic rings. The van der Waals surface area contributed by atoms with Gasteiger partial charge in [0.25, 0.3) is 0 Å². The van der Waals surface area contributed by atoms with Crippen LogP contribution in [0.1, 0.15) is 0 Å². The molecule has 0 fully saturated rings. The van der Waals surface area contributed by atoms with Crippen LogP contribution in [0.2, 0.25) is 0 Å². The molecule has 0 bridgehead atoms. The minimum absolute atomic E-state index is 0.758. The molecule has 3 rings (SSSR count). The van der Waals surface area contributed by atoms with Gasteiger partial charge in [0, 0.05) is 28.2 Å². The third-order valence-corrected chi connectivity index (χ3v) is 3.98. The van der Waals surface area contributed by atoms with Crippen molar-refractivity contribution in [2.45, 2.75) is 0 Å². The molecule has 0 saturated heterocycles. The molecule has 1 aromatic carbocycles. The molecule has 0 saturated carbocycles. The summed E-state index contributed by atoms with van der Waals surface area (Å²) in [5, 5.41) is 5.91. The second kappa shape index (κ2) is 4.27. The molecule has 2 heterocycles. The van der Waals surface area contributed by atoms with Gasteiger partial charge in [0.05, 0.1) is 0 Å². The zero-order valence-electron chi connectivity index (χ0n) is 8.83. The second-order valence-electron chi connectivity index (χ2n) is 3.50. The molecule has 17 heavy (non-hydrogen) atoms. The summed E-state index contributed by atoms with van der Waals surface area (Å²) >= 11 is 3.21. The molecule has 0 aliphatic carbocycles. The van der Waals surface area contributed by atoms with E-state index in [-0.39, 0.29) is 0 Å². The van der Waals surface area contributed by atoms with Gasteiger partial charge in [-0.3, -0.25) is 0 Å². The van der Waals surface area contributed by atoms with E-state index in [9.17, 15) is 0 Å². The predicted octanol–water partition coefficient (Wildman–Crippen LogP) is 3.52. The molecule has 2 aromatic heterocycles. The van der Waals surface area contributed by atoms with E-state index >= 15 is 0 Å². The number of rotatable bonds is 2. The van der Waals surface area contributed by atoms with Crippen molar-refractivity contribution in [3.05, 3.63) is 41.2 Å². The molecule has 0 unspecified atom stereocenters. The summed E-state index contributed by atoms with van der Waals surface area (Å²) in [5.41, 5.74) is 8.51. The van der Waals surface area contributed by atoms with E-state index < -0.39 is 0 Å². The Morgan fingerprint density at radius 2 is 2.06 bits per heavy atom. The first-order valence-electron chi connectivity index (χ1n) is 5.04. The van der Waals surface area contributed by atoms with Crippen LogP contribution in [0.4, 0.5) is 5.69 Å². The molecule has 0 amide bonds. The van der Waals surface area contributed by atoms with Gasteiger partial charge in [0.2, 0.25) is 0 Å².